The fraction of sp³-hybridized carbons (Fsp3) is 0.556. The summed E-state index contributed by atoms with van der Waals surface area (Å²) in [5, 5.41) is 11.7. The van der Waals surface area contributed by atoms with Crippen molar-refractivity contribution >= 4 is 21.7 Å². The fourth-order valence-electron chi connectivity index (χ4n) is 3.04. The highest BCUT2D eigenvalue weighted by Crippen LogP contribution is 2.18. The Labute approximate surface area is 153 Å². The van der Waals surface area contributed by atoms with Crippen molar-refractivity contribution in [3.05, 3.63) is 35.9 Å². The molecule has 1 saturated heterocycles. The van der Waals surface area contributed by atoms with Gasteiger partial charge in [-0.25, -0.2) is 13.2 Å². The van der Waals surface area contributed by atoms with E-state index < -0.39 is 33.5 Å². The minimum Gasteiger partial charge on any atom is -0.480 e. The minimum atomic E-state index is -3.59. The molecule has 1 aromatic rings. The largest absolute Gasteiger partial charge is 0.480 e. The molecule has 2 N–H and O–H groups in total. The highest BCUT2D eigenvalue weighted by molar-refractivity contribution is 7.92. The van der Waals surface area contributed by atoms with Gasteiger partial charge in [-0.05, 0) is 31.2 Å². The van der Waals surface area contributed by atoms with Crippen molar-refractivity contribution in [2.24, 2.45) is 5.92 Å². The van der Waals surface area contributed by atoms with Crippen LogP contribution in [0.5, 0.6) is 0 Å². The molecule has 1 amide bonds. The average Bonchev–Trinajstić information content (AvgIpc) is 2.60. The second kappa shape index (κ2) is 9.68. The van der Waals surface area contributed by atoms with E-state index in [-0.39, 0.29) is 18.3 Å². The van der Waals surface area contributed by atoms with Crippen LogP contribution in [0.2, 0.25) is 0 Å². The van der Waals surface area contributed by atoms with Gasteiger partial charge in [0.05, 0.1) is 12.4 Å². The van der Waals surface area contributed by atoms with Gasteiger partial charge in [-0.15, -0.1) is 0 Å². The number of hydrogen-bond donors (Lipinski definition) is 2. The predicted molar refractivity (Wildman–Crippen MR) is 96.5 cm³/mol. The molecule has 26 heavy (non-hydrogen) atoms. The van der Waals surface area contributed by atoms with Crippen molar-refractivity contribution in [2.45, 2.75) is 31.7 Å². The van der Waals surface area contributed by atoms with E-state index in [0.717, 1.165) is 12.0 Å². The monoisotopic (exact) mass is 383 g/mol. The number of carboxylic acids is 1. The number of hydrogen-bond acceptors (Lipinski definition) is 5. The number of rotatable bonds is 9. The molecule has 0 aliphatic carbocycles. The molecule has 2 unspecified atom stereocenters. The van der Waals surface area contributed by atoms with Gasteiger partial charge in [0.15, 0.2) is 9.84 Å². The van der Waals surface area contributed by atoms with Gasteiger partial charge in [0.2, 0.25) is 5.91 Å². The molecule has 1 aliphatic heterocycles. The molecule has 0 aromatic heterocycles. The molecule has 1 heterocycles. The number of carboxylic acid groups (broad SMARTS) is 1. The first-order valence-corrected chi connectivity index (χ1v) is 10.5. The maximum atomic E-state index is 12.1. The van der Waals surface area contributed by atoms with Crippen LogP contribution in [0.15, 0.2) is 30.3 Å². The van der Waals surface area contributed by atoms with E-state index in [4.69, 9.17) is 4.74 Å². The standard InChI is InChI=1S/C18H25NO6S/c20-16(19-17(18(21)22)15-9-4-10-25-12-15)13-26(23,24)11-5-8-14-6-2-1-3-7-14/h1-3,6-7,15,17H,4-5,8-13H2,(H,19,20)(H,21,22). The summed E-state index contributed by atoms with van der Waals surface area (Å²) >= 11 is 0. The Balaban J connectivity index is 1.82. The first-order valence-electron chi connectivity index (χ1n) is 8.71. The lowest BCUT2D eigenvalue weighted by atomic mass is 9.94. The van der Waals surface area contributed by atoms with Gasteiger partial charge >= 0.3 is 5.97 Å². The van der Waals surface area contributed by atoms with Gasteiger partial charge in [0.1, 0.15) is 11.8 Å². The summed E-state index contributed by atoms with van der Waals surface area (Å²) in [5.74, 6) is -3.09. The molecule has 0 bridgehead atoms. The molecule has 0 spiro atoms. The summed E-state index contributed by atoms with van der Waals surface area (Å²) in [5.41, 5.74) is 1.04. The predicted octanol–water partition coefficient (Wildman–Crippen LogP) is 1.03. The number of aryl methyl sites for hydroxylation is 1. The zero-order valence-corrected chi connectivity index (χ0v) is 15.4. The highest BCUT2D eigenvalue weighted by atomic mass is 32.2. The van der Waals surface area contributed by atoms with Crippen molar-refractivity contribution < 1.29 is 27.9 Å². The Bertz CT molecular complexity index is 698. The molecule has 2 rings (SSSR count). The van der Waals surface area contributed by atoms with Crippen LogP contribution in [0.4, 0.5) is 0 Å². The Morgan fingerprint density at radius 2 is 2.00 bits per heavy atom. The smallest absolute Gasteiger partial charge is 0.326 e. The Morgan fingerprint density at radius 3 is 2.62 bits per heavy atom. The summed E-state index contributed by atoms with van der Waals surface area (Å²) in [7, 11) is -3.59. The van der Waals surface area contributed by atoms with Gasteiger partial charge in [0.25, 0.3) is 0 Å². The molecule has 1 fully saturated rings. The van der Waals surface area contributed by atoms with Crippen LogP contribution < -0.4 is 5.32 Å². The lowest BCUT2D eigenvalue weighted by Crippen LogP contribution is -2.50. The van der Waals surface area contributed by atoms with Gasteiger partial charge in [0, 0.05) is 12.5 Å². The van der Waals surface area contributed by atoms with Gasteiger partial charge < -0.3 is 15.2 Å². The molecule has 0 radical (unpaired) electrons. The summed E-state index contributed by atoms with van der Waals surface area (Å²) in [6.45, 7) is 0.827. The zero-order chi connectivity index (χ0) is 19.0. The quantitative estimate of drug-likeness (QED) is 0.659. The minimum absolute atomic E-state index is 0.112. The molecule has 8 heteroatoms. The molecular formula is C18H25NO6S. The molecule has 1 aliphatic rings. The van der Waals surface area contributed by atoms with Crippen molar-refractivity contribution in [1.82, 2.24) is 5.32 Å². The topological polar surface area (TPSA) is 110 Å². The van der Waals surface area contributed by atoms with Gasteiger partial charge in [-0.1, -0.05) is 30.3 Å². The molecule has 7 nitrogen and oxygen atoms in total. The van der Waals surface area contributed by atoms with E-state index in [0.29, 0.717) is 25.9 Å². The number of aliphatic carboxylic acids is 1. The summed E-state index contributed by atoms with van der Waals surface area (Å²) in [4.78, 5) is 23.5. The van der Waals surface area contributed by atoms with Crippen LogP contribution in [-0.2, 0) is 30.6 Å². The van der Waals surface area contributed by atoms with E-state index >= 15 is 0 Å². The first-order chi connectivity index (χ1) is 12.4. The number of carbonyl (C=O) groups is 2. The Kier molecular flexibility index (Phi) is 7.59. The van der Waals surface area contributed by atoms with Crippen molar-refractivity contribution in [3.8, 4) is 0 Å². The summed E-state index contributed by atoms with van der Waals surface area (Å²) < 4.78 is 29.5. The highest BCUT2D eigenvalue weighted by Gasteiger charge is 2.32. The van der Waals surface area contributed by atoms with Crippen molar-refractivity contribution in [2.75, 3.05) is 24.7 Å². The average molecular weight is 383 g/mol. The van der Waals surface area contributed by atoms with E-state index in [1.54, 1.807) is 0 Å². The number of sulfone groups is 1. The molecule has 0 saturated carbocycles. The SMILES string of the molecule is O=C(CS(=O)(=O)CCCc1ccccc1)NC(C(=O)O)C1CCCOC1. The Morgan fingerprint density at radius 1 is 1.27 bits per heavy atom. The zero-order valence-electron chi connectivity index (χ0n) is 14.6. The van der Waals surface area contributed by atoms with Gasteiger partial charge in [-0.2, -0.15) is 0 Å². The Hall–Kier alpha value is -1.93. The summed E-state index contributed by atoms with van der Waals surface area (Å²) in [6, 6.07) is 8.38. The van der Waals surface area contributed by atoms with E-state index in [2.05, 4.69) is 5.32 Å². The number of ether oxygens (including phenoxy) is 1. The number of benzene rings is 1. The lowest BCUT2D eigenvalue weighted by Gasteiger charge is -2.28. The normalized spacial score (nSPS) is 18.8. The van der Waals surface area contributed by atoms with Crippen molar-refractivity contribution in [1.29, 1.82) is 0 Å². The molecule has 1 aromatic carbocycles. The third kappa shape index (κ3) is 6.76. The second-order valence-electron chi connectivity index (χ2n) is 6.54. The van der Waals surface area contributed by atoms with E-state index in [1.807, 2.05) is 30.3 Å². The van der Waals surface area contributed by atoms with Crippen LogP contribution in [0.25, 0.3) is 0 Å². The maximum absolute atomic E-state index is 12.1. The number of nitrogens with one attached hydrogen (secondary N) is 1. The van der Waals surface area contributed by atoms with E-state index in [9.17, 15) is 23.1 Å². The molecule has 2 atom stereocenters. The number of carbonyl (C=O) groups excluding carboxylic acids is 1. The summed E-state index contributed by atoms with van der Waals surface area (Å²) in [6.07, 6.45) is 2.38. The third-order valence-corrected chi connectivity index (χ3v) is 5.98. The van der Waals surface area contributed by atoms with Crippen LogP contribution in [0, 0.1) is 5.92 Å². The lowest BCUT2D eigenvalue weighted by molar-refractivity contribution is -0.144. The van der Waals surface area contributed by atoms with Gasteiger partial charge in [-0.3, -0.25) is 4.79 Å². The first kappa shape index (κ1) is 20.4. The van der Waals surface area contributed by atoms with E-state index in [1.165, 1.54) is 0 Å². The number of amides is 1. The van der Waals surface area contributed by atoms with Crippen molar-refractivity contribution in [3.63, 3.8) is 0 Å². The second-order valence-corrected chi connectivity index (χ2v) is 8.73. The maximum Gasteiger partial charge on any atom is 0.326 e. The van der Waals surface area contributed by atoms with Crippen LogP contribution >= 0.6 is 0 Å². The fourth-order valence-corrected chi connectivity index (χ4v) is 4.25. The van der Waals surface area contributed by atoms with Crippen LogP contribution in [0.1, 0.15) is 24.8 Å². The molecular weight excluding hydrogens is 358 g/mol. The molecule has 144 valence electrons. The van der Waals surface area contributed by atoms with Crippen LogP contribution in [-0.4, -0.2) is 56.2 Å². The van der Waals surface area contributed by atoms with Crippen LogP contribution in [0.3, 0.4) is 0 Å². The third-order valence-electron chi connectivity index (χ3n) is 4.36.